The molecule has 3 N–H and O–H groups in total. The van der Waals surface area contributed by atoms with E-state index >= 15 is 0 Å². The van der Waals surface area contributed by atoms with Crippen LogP contribution in [-0.4, -0.2) is 143 Å². The molecule has 34 heavy (non-hydrogen) atoms. The molecule has 0 bridgehead atoms. The lowest BCUT2D eigenvalue weighted by Gasteiger charge is -2.09. The summed E-state index contributed by atoms with van der Waals surface area (Å²) in [4.78, 5) is 10.2. The van der Waals surface area contributed by atoms with Gasteiger partial charge in [0.25, 0.3) is 0 Å². The lowest BCUT2D eigenvalue weighted by molar-refractivity contribution is -0.142. The van der Waals surface area contributed by atoms with E-state index < -0.39 is 5.97 Å². The van der Waals surface area contributed by atoms with Crippen LogP contribution in [0, 0.1) is 0 Å². The van der Waals surface area contributed by atoms with Crippen molar-refractivity contribution in [3.8, 4) is 0 Å². The molecule has 0 unspecified atom stereocenters. The monoisotopic (exact) mass is 498 g/mol. The summed E-state index contributed by atoms with van der Waals surface area (Å²) in [5, 5.41) is 15.0. The number of rotatable bonds is 30. The maximum Gasteiger partial charge on any atom is 0.329 e. The molecule has 0 amide bonds. The standard InChI is InChI=1S/C22H46N2O10/c1-27-11-12-31-17-18-32-15-13-29-9-4-23-3-2-7-28-8-5-24-6-10-30-14-16-33-19-20-34-21-22(25)26/h23-24H,2-21H2,1H3,(H,25,26). The summed E-state index contributed by atoms with van der Waals surface area (Å²) in [6, 6.07) is 0. The number of methoxy groups -OCH3 is 1. The van der Waals surface area contributed by atoms with E-state index in [1.165, 1.54) is 0 Å². The fourth-order valence-corrected chi connectivity index (χ4v) is 2.37. The van der Waals surface area contributed by atoms with E-state index in [4.69, 9.17) is 43.0 Å². The van der Waals surface area contributed by atoms with Gasteiger partial charge in [0.2, 0.25) is 0 Å². The highest BCUT2D eigenvalue weighted by atomic mass is 16.6. The zero-order valence-electron chi connectivity index (χ0n) is 20.8. The highest BCUT2D eigenvalue weighted by molar-refractivity contribution is 5.67. The lowest BCUT2D eigenvalue weighted by atomic mass is 10.4. The van der Waals surface area contributed by atoms with E-state index in [0.717, 1.165) is 39.2 Å². The summed E-state index contributed by atoms with van der Waals surface area (Å²) in [6.45, 7) is 10.7. The van der Waals surface area contributed by atoms with E-state index in [1.54, 1.807) is 7.11 Å². The van der Waals surface area contributed by atoms with Crippen LogP contribution in [0.3, 0.4) is 0 Å². The average Bonchev–Trinajstić information content (AvgIpc) is 2.83. The third-order valence-corrected chi connectivity index (χ3v) is 4.06. The van der Waals surface area contributed by atoms with E-state index in [2.05, 4.69) is 10.6 Å². The Labute approximate surface area is 203 Å². The van der Waals surface area contributed by atoms with Crippen LogP contribution in [0.5, 0.6) is 0 Å². The molecule has 0 spiro atoms. The van der Waals surface area contributed by atoms with Gasteiger partial charge in [-0.05, 0) is 13.0 Å². The Morgan fingerprint density at radius 1 is 0.529 bits per heavy atom. The molecule has 0 aliphatic heterocycles. The van der Waals surface area contributed by atoms with Gasteiger partial charge in [-0.2, -0.15) is 0 Å². The Bertz CT molecular complexity index is 408. The molecule has 0 fully saturated rings. The van der Waals surface area contributed by atoms with E-state index in [-0.39, 0.29) is 13.2 Å². The molecule has 0 rings (SSSR count). The molecule has 12 heteroatoms. The summed E-state index contributed by atoms with van der Waals surface area (Å²) in [6.07, 6.45) is 0.955. The quantitative estimate of drug-likeness (QED) is 0.109. The third-order valence-electron chi connectivity index (χ3n) is 4.06. The van der Waals surface area contributed by atoms with Crippen molar-refractivity contribution < 1.29 is 47.8 Å². The number of carbonyl (C=O) groups is 1. The fourth-order valence-electron chi connectivity index (χ4n) is 2.37. The van der Waals surface area contributed by atoms with Crippen LogP contribution >= 0.6 is 0 Å². The molecule has 0 saturated heterocycles. The molecule has 204 valence electrons. The van der Waals surface area contributed by atoms with Crippen molar-refractivity contribution >= 4 is 5.97 Å². The lowest BCUT2D eigenvalue weighted by Crippen LogP contribution is -2.25. The number of hydrogen-bond acceptors (Lipinski definition) is 11. The Kier molecular flexibility index (Phi) is 29.3. The molecule has 0 aliphatic carbocycles. The van der Waals surface area contributed by atoms with E-state index in [0.29, 0.717) is 79.3 Å². The van der Waals surface area contributed by atoms with Crippen molar-refractivity contribution in [1.82, 2.24) is 10.6 Å². The first kappa shape index (κ1) is 33.1. The van der Waals surface area contributed by atoms with Gasteiger partial charge >= 0.3 is 5.97 Å². The normalized spacial score (nSPS) is 11.3. The van der Waals surface area contributed by atoms with Gasteiger partial charge in [0.1, 0.15) is 6.61 Å². The predicted molar refractivity (Wildman–Crippen MR) is 126 cm³/mol. The van der Waals surface area contributed by atoms with Crippen molar-refractivity contribution in [3.05, 3.63) is 0 Å². The first-order valence-corrected chi connectivity index (χ1v) is 11.9. The zero-order chi connectivity index (χ0) is 24.8. The average molecular weight is 499 g/mol. The SMILES string of the molecule is COCCOCCOCCOCCNCCCOCCNCCOCCOCCOCC(=O)O. The Hall–Kier alpha value is -0.930. The highest BCUT2D eigenvalue weighted by Gasteiger charge is 1.97. The smallest absolute Gasteiger partial charge is 0.329 e. The van der Waals surface area contributed by atoms with Crippen LogP contribution in [0.4, 0.5) is 0 Å². The molecule has 0 aliphatic rings. The second-order valence-corrected chi connectivity index (χ2v) is 6.97. The molecule has 0 radical (unpaired) electrons. The van der Waals surface area contributed by atoms with E-state index in [9.17, 15) is 4.79 Å². The maximum absolute atomic E-state index is 10.2. The highest BCUT2D eigenvalue weighted by Crippen LogP contribution is 1.84. The van der Waals surface area contributed by atoms with Crippen LogP contribution in [0.15, 0.2) is 0 Å². The Morgan fingerprint density at radius 3 is 1.38 bits per heavy atom. The summed E-state index contributed by atoms with van der Waals surface area (Å²) in [5.74, 6) is -0.981. The first-order valence-electron chi connectivity index (χ1n) is 11.9. The second-order valence-electron chi connectivity index (χ2n) is 6.97. The predicted octanol–water partition coefficient (Wildman–Crippen LogP) is -0.597. The van der Waals surface area contributed by atoms with Crippen LogP contribution in [0.2, 0.25) is 0 Å². The minimum Gasteiger partial charge on any atom is -0.480 e. The van der Waals surface area contributed by atoms with Crippen LogP contribution < -0.4 is 10.6 Å². The zero-order valence-corrected chi connectivity index (χ0v) is 20.8. The summed E-state index contributed by atoms with van der Waals surface area (Å²) < 4.78 is 42.2. The molecule has 0 heterocycles. The number of ether oxygens (including phenoxy) is 8. The van der Waals surface area contributed by atoms with Gasteiger partial charge in [0, 0.05) is 33.4 Å². The molecule has 0 atom stereocenters. The summed E-state index contributed by atoms with van der Waals surface area (Å²) >= 11 is 0. The van der Waals surface area contributed by atoms with Gasteiger partial charge in [-0.15, -0.1) is 0 Å². The van der Waals surface area contributed by atoms with E-state index in [1.807, 2.05) is 0 Å². The van der Waals surface area contributed by atoms with Crippen molar-refractivity contribution in [2.45, 2.75) is 6.42 Å². The maximum atomic E-state index is 10.2. The first-order chi connectivity index (χ1) is 16.8. The molecular weight excluding hydrogens is 452 g/mol. The molecule has 12 nitrogen and oxygen atoms in total. The van der Waals surface area contributed by atoms with Gasteiger partial charge in [-0.1, -0.05) is 0 Å². The minimum absolute atomic E-state index is 0.266. The van der Waals surface area contributed by atoms with Gasteiger partial charge in [0.05, 0.1) is 85.9 Å². The van der Waals surface area contributed by atoms with Crippen LogP contribution in [0.25, 0.3) is 0 Å². The number of carboxylic acids is 1. The molecule has 0 aromatic rings. The Balaban J connectivity index is 3.01. The molecule has 0 aromatic heterocycles. The van der Waals surface area contributed by atoms with Crippen LogP contribution in [-0.2, 0) is 42.7 Å². The van der Waals surface area contributed by atoms with Crippen molar-refractivity contribution in [3.63, 3.8) is 0 Å². The number of carboxylic acid groups (broad SMARTS) is 1. The van der Waals surface area contributed by atoms with Crippen molar-refractivity contribution in [2.24, 2.45) is 0 Å². The second kappa shape index (κ2) is 30.1. The van der Waals surface area contributed by atoms with Crippen LogP contribution in [0.1, 0.15) is 6.42 Å². The van der Waals surface area contributed by atoms with Gasteiger partial charge in [-0.25, -0.2) is 4.79 Å². The largest absolute Gasteiger partial charge is 0.480 e. The minimum atomic E-state index is -0.981. The van der Waals surface area contributed by atoms with Crippen molar-refractivity contribution in [1.29, 1.82) is 0 Å². The summed E-state index contributed by atoms with van der Waals surface area (Å²) in [7, 11) is 1.65. The number of aliphatic carboxylic acids is 1. The van der Waals surface area contributed by atoms with Gasteiger partial charge in [-0.3, -0.25) is 0 Å². The summed E-state index contributed by atoms with van der Waals surface area (Å²) in [5.41, 5.74) is 0. The molecule has 0 aromatic carbocycles. The van der Waals surface area contributed by atoms with Gasteiger partial charge in [0.15, 0.2) is 0 Å². The molecule has 0 saturated carbocycles. The number of hydrogen-bond donors (Lipinski definition) is 3. The number of nitrogens with one attached hydrogen (secondary N) is 2. The molecular formula is C22H46N2O10. The third kappa shape index (κ3) is 31.1. The fraction of sp³-hybridized carbons (Fsp3) is 0.955. The topological polar surface area (TPSA) is 135 Å². The van der Waals surface area contributed by atoms with Gasteiger partial charge < -0.3 is 53.6 Å². The Morgan fingerprint density at radius 2 is 0.912 bits per heavy atom. The van der Waals surface area contributed by atoms with Crippen molar-refractivity contribution in [2.75, 3.05) is 132 Å².